The van der Waals surface area contributed by atoms with Crippen LogP contribution in [0.5, 0.6) is 11.5 Å². The number of nitrogens with one attached hydrogen (secondary N) is 1. The van der Waals surface area contributed by atoms with Gasteiger partial charge < -0.3 is 23.9 Å². The molecule has 0 bridgehead atoms. The molecule has 0 unspecified atom stereocenters. The van der Waals surface area contributed by atoms with Crippen LogP contribution < -0.4 is 20.3 Å². The Bertz CT molecular complexity index is 1470. The van der Waals surface area contributed by atoms with Gasteiger partial charge in [-0.1, -0.05) is 30.0 Å². The Kier molecular flexibility index (Phi) is 5.83. The summed E-state index contributed by atoms with van der Waals surface area (Å²) in [5, 5.41) is 4.17. The molecule has 1 fully saturated rings. The van der Waals surface area contributed by atoms with Crippen molar-refractivity contribution in [2.75, 3.05) is 19.2 Å². The average Bonchev–Trinajstić information content (AvgIpc) is 3.63. The summed E-state index contributed by atoms with van der Waals surface area (Å²) in [5.41, 5.74) is 2.00. The van der Waals surface area contributed by atoms with Crippen molar-refractivity contribution in [3.63, 3.8) is 0 Å². The molecule has 180 valence electrons. The van der Waals surface area contributed by atoms with Crippen molar-refractivity contribution >= 4 is 39.7 Å². The highest BCUT2D eigenvalue weighted by Gasteiger charge is 2.23. The molecule has 35 heavy (non-hydrogen) atoms. The summed E-state index contributed by atoms with van der Waals surface area (Å²) in [6.07, 6.45) is 1.78. The van der Waals surface area contributed by atoms with Crippen LogP contribution >= 0.6 is 11.8 Å². The number of para-hydroxylation sites is 1. The summed E-state index contributed by atoms with van der Waals surface area (Å²) in [6, 6.07) is 13.0. The van der Waals surface area contributed by atoms with Crippen molar-refractivity contribution in [3.8, 4) is 11.5 Å². The van der Waals surface area contributed by atoms with E-state index in [0.717, 1.165) is 23.8 Å². The van der Waals surface area contributed by atoms with Crippen molar-refractivity contribution in [1.82, 2.24) is 14.9 Å². The highest BCUT2D eigenvalue weighted by molar-refractivity contribution is 7.99. The predicted molar refractivity (Wildman–Crippen MR) is 130 cm³/mol. The normalized spacial score (nSPS) is 16.9. The highest BCUT2D eigenvalue weighted by atomic mass is 32.2. The minimum absolute atomic E-state index is 0.0597. The Hall–Kier alpha value is -3.50. The van der Waals surface area contributed by atoms with E-state index in [2.05, 4.69) is 5.32 Å². The smallest absolute Gasteiger partial charge is 0.297 e. The van der Waals surface area contributed by atoms with E-state index < -0.39 is 0 Å². The van der Waals surface area contributed by atoms with E-state index in [1.807, 2.05) is 42.5 Å². The summed E-state index contributed by atoms with van der Waals surface area (Å²) in [5.74, 6) is 1.33. The van der Waals surface area contributed by atoms with Gasteiger partial charge in [-0.3, -0.25) is 14.2 Å². The summed E-state index contributed by atoms with van der Waals surface area (Å²) < 4.78 is 23.9. The first-order valence-electron chi connectivity index (χ1n) is 11.5. The first-order chi connectivity index (χ1) is 17.2. The van der Waals surface area contributed by atoms with Gasteiger partial charge in [0.05, 0.1) is 18.4 Å². The van der Waals surface area contributed by atoms with E-state index in [0.29, 0.717) is 47.5 Å². The maximum Gasteiger partial charge on any atom is 0.297 e. The lowest BCUT2D eigenvalue weighted by molar-refractivity contribution is -0.118. The van der Waals surface area contributed by atoms with Crippen LogP contribution in [0, 0.1) is 0 Å². The SMILES string of the molecule is O=C(CSc1nc2c(oc3ccccc32)c(=O)n1C[C@H]1CCCO1)NCc1ccc2c(c1)OCO2. The van der Waals surface area contributed by atoms with E-state index in [4.69, 9.17) is 23.6 Å². The van der Waals surface area contributed by atoms with E-state index in [-0.39, 0.29) is 35.7 Å². The molecular formula is C25H23N3O6S. The molecule has 2 aliphatic rings. The Morgan fingerprint density at radius 2 is 2.06 bits per heavy atom. The van der Waals surface area contributed by atoms with Gasteiger partial charge in [0.2, 0.25) is 18.3 Å². The van der Waals surface area contributed by atoms with Crippen LogP contribution in [0.2, 0.25) is 0 Å². The number of fused-ring (bicyclic) bond motifs is 4. The Morgan fingerprint density at radius 3 is 2.94 bits per heavy atom. The summed E-state index contributed by atoms with van der Waals surface area (Å²) >= 11 is 1.23. The van der Waals surface area contributed by atoms with Gasteiger partial charge in [-0.05, 0) is 42.7 Å². The number of ether oxygens (including phenoxy) is 3. The maximum atomic E-state index is 13.4. The van der Waals surface area contributed by atoms with E-state index in [1.54, 1.807) is 4.57 Å². The van der Waals surface area contributed by atoms with E-state index in [9.17, 15) is 9.59 Å². The standard InChI is InChI=1S/C25H23N3O6S/c29-21(26-11-15-7-8-19-20(10-15)33-14-32-19)13-35-25-27-22-17-5-1-2-6-18(17)34-23(22)24(30)28(25)12-16-4-3-9-31-16/h1-2,5-8,10,16H,3-4,9,11-14H2,(H,26,29)/t16-/m1/s1. The minimum Gasteiger partial charge on any atom is -0.454 e. The molecule has 0 aliphatic carbocycles. The largest absolute Gasteiger partial charge is 0.454 e. The van der Waals surface area contributed by atoms with Crippen molar-refractivity contribution in [2.24, 2.45) is 0 Å². The van der Waals surface area contributed by atoms with Gasteiger partial charge in [-0.2, -0.15) is 0 Å². The number of carbonyl (C=O) groups is 1. The summed E-state index contributed by atoms with van der Waals surface area (Å²) in [7, 11) is 0. The second-order valence-corrected chi connectivity index (χ2v) is 9.42. The zero-order chi connectivity index (χ0) is 23.8. The number of rotatable bonds is 7. The van der Waals surface area contributed by atoms with Crippen LogP contribution in [-0.4, -0.2) is 40.7 Å². The molecule has 6 rings (SSSR count). The number of aromatic nitrogens is 2. The van der Waals surface area contributed by atoms with Gasteiger partial charge in [0.15, 0.2) is 16.7 Å². The molecule has 4 aromatic rings. The van der Waals surface area contributed by atoms with Crippen LogP contribution in [0.1, 0.15) is 18.4 Å². The monoisotopic (exact) mass is 493 g/mol. The second kappa shape index (κ2) is 9.27. The zero-order valence-electron chi connectivity index (χ0n) is 18.8. The Labute approximate surface area is 204 Å². The van der Waals surface area contributed by atoms with Crippen molar-refractivity contribution in [2.45, 2.75) is 37.2 Å². The highest BCUT2D eigenvalue weighted by Crippen LogP contribution is 2.32. The summed E-state index contributed by atoms with van der Waals surface area (Å²) in [4.78, 5) is 30.8. The molecule has 0 saturated carbocycles. The molecule has 10 heteroatoms. The molecule has 9 nitrogen and oxygen atoms in total. The zero-order valence-corrected chi connectivity index (χ0v) is 19.6. The van der Waals surface area contributed by atoms with Gasteiger partial charge in [0.1, 0.15) is 11.1 Å². The number of furan rings is 1. The Balaban J connectivity index is 1.22. The van der Waals surface area contributed by atoms with Gasteiger partial charge in [0.25, 0.3) is 5.56 Å². The van der Waals surface area contributed by atoms with Gasteiger partial charge in [0, 0.05) is 18.5 Å². The molecule has 0 radical (unpaired) electrons. The molecule has 1 atom stereocenters. The number of benzene rings is 2. The number of thioether (sulfide) groups is 1. The van der Waals surface area contributed by atoms with Crippen molar-refractivity contribution < 1.29 is 23.4 Å². The third-order valence-corrected chi connectivity index (χ3v) is 7.09. The van der Waals surface area contributed by atoms with Gasteiger partial charge in [-0.25, -0.2) is 4.98 Å². The fourth-order valence-corrected chi connectivity index (χ4v) is 5.18. The first-order valence-corrected chi connectivity index (χ1v) is 12.5. The lowest BCUT2D eigenvalue weighted by Crippen LogP contribution is -2.29. The topological polar surface area (TPSA) is 105 Å². The number of amides is 1. The molecule has 1 saturated heterocycles. The van der Waals surface area contributed by atoms with E-state index >= 15 is 0 Å². The number of hydrogen-bond acceptors (Lipinski definition) is 8. The van der Waals surface area contributed by atoms with Gasteiger partial charge >= 0.3 is 0 Å². The van der Waals surface area contributed by atoms with Crippen LogP contribution in [0.4, 0.5) is 0 Å². The number of nitrogens with zero attached hydrogens (tertiary/aromatic N) is 2. The molecular weight excluding hydrogens is 470 g/mol. The van der Waals surface area contributed by atoms with Crippen LogP contribution in [0.25, 0.3) is 22.1 Å². The lowest BCUT2D eigenvalue weighted by atomic mass is 10.2. The fraction of sp³-hybridized carbons (Fsp3) is 0.320. The molecule has 2 aromatic carbocycles. The molecule has 2 aromatic heterocycles. The third kappa shape index (κ3) is 4.35. The van der Waals surface area contributed by atoms with Crippen molar-refractivity contribution in [1.29, 1.82) is 0 Å². The third-order valence-electron chi connectivity index (χ3n) is 6.12. The summed E-state index contributed by atoms with van der Waals surface area (Å²) in [6.45, 7) is 1.63. The maximum absolute atomic E-state index is 13.4. The Morgan fingerprint density at radius 1 is 1.17 bits per heavy atom. The number of carbonyl (C=O) groups excluding carboxylic acids is 1. The molecule has 4 heterocycles. The average molecular weight is 494 g/mol. The van der Waals surface area contributed by atoms with Gasteiger partial charge in [-0.15, -0.1) is 0 Å². The van der Waals surface area contributed by atoms with E-state index in [1.165, 1.54) is 11.8 Å². The molecule has 1 amide bonds. The molecule has 2 aliphatic heterocycles. The van der Waals surface area contributed by atoms with Crippen LogP contribution in [-0.2, 0) is 22.6 Å². The van der Waals surface area contributed by atoms with Crippen molar-refractivity contribution in [3.05, 3.63) is 58.4 Å². The quantitative estimate of drug-likeness (QED) is 0.308. The fourth-order valence-electron chi connectivity index (χ4n) is 4.35. The lowest BCUT2D eigenvalue weighted by Gasteiger charge is -2.15. The predicted octanol–water partition coefficient (Wildman–Crippen LogP) is 3.46. The molecule has 1 N–H and O–H groups in total. The number of hydrogen-bond donors (Lipinski definition) is 1. The van der Waals surface area contributed by atoms with Crippen LogP contribution in [0.3, 0.4) is 0 Å². The molecule has 0 spiro atoms. The van der Waals surface area contributed by atoms with Crippen LogP contribution in [0.15, 0.2) is 56.8 Å². The second-order valence-electron chi connectivity index (χ2n) is 8.47. The first kappa shape index (κ1) is 22.0. The minimum atomic E-state index is -0.259.